The summed E-state index contributed by atoms with van der Waals surface area (Å²) in [5.41, 5.74) is -4.31. The fourth-order valence-electron chi connectivity index (χ4n) is 6.21. The second kappa shape index (κ2) is 14.5. The van der Waals surface area contributed by atoms with Gasteiger partial charge < -0.3 is 20.4 Å². The molecule has 8 nitrogen and oxygen atoms in total. The molecule has 0 heterocycles. The van der Waals surface area contributed by atoms with Gasteiger partial charge in [0.15, 0.2) is 23.1 Å². The van der Waals surface area contributed by atoms with Crippen LogP contribution in [-0.2, 0) is 9.59 Å². The molecule has 0 amide bonds. The summed E-state index contributed by atoms with van der Waals surface area (Å²) in [6.07, 6.45) is 6.39. The number of allylic oxidation sites excluding steroid dienone is 2. The first-order valence-corrected chi connectivity index (χ1v) is 15.9. The summed E-state index contributed by atoms with van der Waals surface area (Å²) in [6.45, 7) is 13.8. The van der Waals surface area contributed by atoms with Crippen molar-refractivity contribution in [2.24, 2.45) is 16.7 Å². The molecule has 0 spiro atoms. The fourth-order valence-corrected chi connectivity index (χ4v) is 6.21. The van der Waals surface area contributed by atoms with Crippen molar-refractivity contribution in [3.63, 3.8) is 0 Å². The van der Waals surface area contributed by atoms with Crippen molar-refractivity contribution in [3.05, 3.63) is 28.0 Å². The quantitative estimate of drug-likeness (QED) is 0.0841. The van der Waals surface area contributed by atoms with Gasteiger partial charge in [0.25, 0.3) is 0 Å². The maximum atomic E-state index is 13.9. The summed E-state index contributed by atoms with van der Waals surface area (Å²) in [5.74, 6) is -6.29. The Kier molecular flexibility index (Phi) is 12.2. The number of aliphatic hydroxyl groups is 1. The highest BCUT2D eigenvalue weighted by atomic mass is 16.3. The van der Waals surface area contributed by atoms with Crippen LogP contribution in [0.1, 0.15) is 158 Å². The van der Waals surface area contributed by atoms with Crippen LogP contribution in [0.4, 0.5) is 0 Å². The van der Waals surface area contributed by atoms with Crippen molar-refractivity contribution in [2.75, 3.05) is 0 Å². The number of unbranched alkanes of at least 4 members (excludes halogenated alkanes) is 6. The van der Waals surface area contributed by atoms with E-state index in [1.807, 2.05) is 27.7 Å². The van der Waals surface area contributed by atoms with Crippen LogP contribution in [-0.4, -0.2) is 43.6 Å². The van der Waals surface area contributed by atoms with Crippen LogP contribution in [0.5, 0.6) is 17.2 Å². The van der Waals surface area contributed by atoms with Gasteiger partial charge in [-0.05, 0) is 52.9 Å². The van der Waals surface area contributed by atoms with Gasteiger partial charge in [-0.15, -0.1) is 0 Å². The van der Waals surface area contributed by atoms with E-state index >= 15 is 0 Å². The average Bonchev–Trinajstić information content (AvgIpc) is 2.91. The lowest BCUT2D eigenvalue weighted by atomic mass is 9.60. The SMILES string of the molecule is CCCCCCC(=O)c1c(O)c(C(=O)CCCCCC)c(O)c(C(CC(C)C)C2=C(O)C(C)(C)C(=O)C(C)(C)C2=O)c1O. The summed E-state index contributed by atoms with van der Waals surface area (Å²) >= 11 is 0. The predicted molar refractivity (Wildman–Crippen MR) is 167 cm³/mol. The maximum Gasteiger partial charge on any atom is 0.175 e. The van der Waals surface area contributed by atoms with Gasteiger partial charge in [-0.25, -0.2) is 0 Å². The third kappa shape index (κ3) is 7.32. The van der Waals surface area contributed by atoms with Crippen molar-refractivity contribution >= 4 is 23.1 Å². The molecule has 1 unspecified atom stereocenters. The van der Waals surface area contributed by atoms with Gasteiger partial charge in [0.05, 0.1) is 10.8 Å². The van der Waals surface area contributed by atoms with Crippen molar-refractivity contribution in [1.29, 1.82) is 0 Å². The Morgan fingerprint density at radius 3 is 1.51 bits per heavy atom. The molecule has 1 aliphatic carbocycles. The molecule has 0 bridgehead atoms. The van der Waals surface area contributed by atoms with Crippen LogP contribution in [0.3, 0.4) is 0 Å². The van der Waals surface area contributed by atoms with E-state index in [2.05, 4.69) is 0 Å². The van der Waals surface area contributed by atoms with Crippen LogP contribution in [0.25, 0.3) is 0 Å². The maximum absolute atomic E-state index is 13.9. The van der Waals surface area contributed by atoms with E-state index in [0.29, 0.717) is 12.8 Å². The summed E-state index contributed by atoms with van der Waals surface area (Å²) in [6, 6.07) is 0. The number of phenolic OH excluding ortho intramolecular Hbond substituents is 3. The Labute approximate surface area is 256 Å². The molecule has 0 radical (unpaired) electrons. The van der Waals surface area contributed by atoms with Gasteiger partial charge in [0, 0.05) is 29.9 Å². The van der Waals surface area contributed by atoms with Gasteiger partial charge in [-0.2, -0.15) is 0 Å². The van der Waals surface area contributed by atoms with E-state index in [0.717, 1.165) is 38.5 Å². The van der Waals surface area contributed by atoms with E-state index in [1.54, 1.807) is 0 Å². The Morgan fingerprint density at radius 2 is 1.12 bits per heavy atom. The number of benzene rings is 1. The molecule has 43 heavy (non-hydrogen) atoms. The molecule has 1 atom stereocenters. The highest BCUT2D eigenvalue weighted by molar-refractivity contribution is 6.19. The molecular formula is C35H52O8. The lowest BCUT2D eigenvalue weighted by Crippen LogP contribution is -2.49. The van der Waals surface area contributed by atoms with Crippen molar-refractivity contribution in [1.82, 2.24) is 0 Å². The number of aliphatic hydroxyl groups excluding tert-OH is 1. The number of rotatable bonds is 16. The second-order valence-corrected chi connectivity index (χ2v) is 13.5. The molecule has 240 valence electrons. The zero-order chi connectivity index (χ0) is 32.9. The van der Waals surface area contributed by atoms with Gasteiger partial charge >= 0.3 is 0 Å². The standard InChI is InChI=1S/C35H52O8/c1-9-11-13-15-17-22(36)26-28(38)24(29(39)27(30(26)40)23(37)18-16-14-12-10-2)21(19-20(3)4)25-31(41)34(5,6)33(43)35(7,8)32(25)42/h20-21,38-41H,9-19H2,1-8H3. The number of aromatic hydroxyl groups is 3. The molecule has 1 aliphatic rings. The van der Waals surface area contributed by atoms with Crippen molar-refractivity contribution in [2.45, 2.75) is 132 Å². The Balaban J connectivity index is 2.94. The monoisotopic (exact) mass is 600 g/mol. The highest BCUT2D eigenvalue weighted by Gasteiger charge is 2.55. The normalized spacial score (nSPS) is 17.0. The minimum atomic E-state index is -1.52. The first kappa shape index (κ1) is 36.0. The van der Waals surface area contributed by atoms with Gasteiger partial charge in [-0.1, -0.05) is 66.2 Å². The number of carbonyl (C=O) groups excluding carboxylic acids is 4. The lowest BCUT2D eigenvalue weighted by Gasteiger charge is -2.41. The zero-order valence-corrected chi connectivity index (χ0v) is 27.4. The minimum Gasteiger partial charge on any atom is -0.511 e. The van der Waals surface area contributed by atoms with Gasteiger partial charge in [0.2, 0.25) is 0 Å². The largest absolute Gasteiger partial charge is 0.511 e. The Morgan fingerprint density at radius 1 is 0.674 bits per heavy atom. The Hall–Kier alpha value is -3.16. The third-order valence-corrected chi connectivity index (χ3v) is 8.73. The van der Waals surface area contributed by atoms with Crippen LogP contribution < -0.4 is 0 Å². The molecule has 8 heteroatoms. The molecule has 0 saturated heterocycles. The van der Waals surface area contributed by atoms with Crippen LogP contribution in [0, 0.1) is 16.7 Å². The van der Waals surface area contributed by atoms with Crippen molar-refractivity contribution in [3.8, 4) is 17.2 Å². The lowest BCUT2D eigenvalue weighted by molar-refractivity contribution is -0.144. The van der Waals surface area contributed by atoms with Crippen LogP contribution >= 0.6 is 0 Å². The predicted octanol–water partition coefficient (Wildman–Crippen LogP) is 8.26. The number of hydrogen-bond donors (Lipinski definition) is 4. The molecular weight excluding hydrogens is 548 g/mol. The Bertz CT molecular complexity index is 1210. The molecule has 0 aliphatic heterocycles. The summed E-state index contributed by atoms with van der Waals surface area (Å²) in [7, 11) is 0. The highest BCUT2D eigenvalue weighted by Crippen LogP contribution is 2.54. The van der Waals surface area contributed by atoms with E-state index in [9.17, 15) is 39.6 Å². The summed E-state index contributed by atoms with van der Waals surface area (Å²) in [5, 5.41) is 46.0. The zero-order valence-electron chi connectivity index (χ0n) is 27.4. The smallest absolute Gasteiger partial charge is 0.175 e. The molecule has 2 rings (SSSR count). The molecule has 0 saturated carbocycles. The number of ketones is 4. The second-order valence-electron chi connectivity index (χ2n) is 13.5. The molecule has 0 aromatic heterocycles. The van der Waals surface area contributed by atoms with E-state index in [1.165, 1.54) is 27.7 Å². The van der Waals surface area contributed by atoms with Crippen LogP contribution in [0.2, 0.25) is 0 Å². The molecule has 1 aromatic carbocycles. The van der Waals surface area contributed by atoms with Crippen LogP contribution in [0.15, 0.2) is 11.3 Å². The average molecular weight is 601 g/mol. The number of phenols is 3. The topological polar surface area (TPSA) is 149 Å². The van der Waals surface area contributed by atoms with Gasteiger partial charge in [-0.3, -0.25) is 19.2 Å². The third-order valence-electron chi connectivity index (χ3n) is 8.73. The molecule has 4 N–H and O–H groups in total. The number of hydrogen-bond acceptors (Lipinski definition) is 8. The molecule has 0 fully saturated rings. The number of Topliss-reactive ketones (excluding diaryl/α,β-unsaturated/α-hetero) is 4. The first-order chi connectivity index (χ1) is 20.0. The van der Waals surface area contributed by atoms with Gasteiger partial charge in [0.1, 0.15) is 34.1 Å². The number of carbonyl (C=O) groups is 4. The van der Waals surface area contributed by atoms with E-state index in [4.69, 9.17) is 0 Å². The first-order valence-electron chi connectivity index (χ1n) is 15.9. The van der Waals surface area contributed by atoms with Crippen molar-refractivity contribution < 1.29 is 39.6 Å². The fraction of sp³-hybridized carbons (Fsp3) is 0.657. The van der Waals surface area contributed by atoms with E-state index < -0.39 is 74.0 Å². The molecule has 1 aromatic rings. The summed E-state index contributed by atoms with van der Waals surface area (Å²) in [4.78, 5) is 54.1. The summed E-state index contributed by atoms with van der Waals surface area (Å²) < 4.78 is 0. The minimum absolute atomic E-state index is 0.00571. The van der Waals surface area contributed by atoms with E-state index in [-0.39, 0.29) is 36.3 Å².